The lowest BCUT2D eigenvalue weighted by molar-refractivity contribution is 0.0238. The molecule has 1 amide bonds. The largest absolute Gasteiger partial charge is 0.383 e. The molecule has 5 heteroatoms. The van der Waals surface area contributed by atoms with Crippen LogP contribution in [0.5, 0.6) is 0 Å². The van der Waals surface area contributed by atoms with Crippen LogP contribution in [0.25, 0.3) is 0 Å². The monoisotopic (exact) mass is 249 g/mol. The summed E-state index contributed by atoms with van der Waals surface area (Å²) < 4.78 is 5.33. The Morgan fingerprint density at radius 2 is 2.28 bits per heavy atom. The fraction of sp³-hybridized carbons (Fsp3) is 0.538. The molecule has 0 unspecified atom stereocenters. The smallest absolute Gasteiger partial charge is 0.255 e. The molecule has 5 nitrogen and oxygen atoms in total. The van der Waals surface area contributed by atoms with Gasteiger partial charge >= 0.3 is 0 Å². The number of rotatable bonds is 3. The van der Waals surface area contributed by atoms with Crippen LogP contribution in [0.2, 0.25) is 0 Å². The minimum atomic E-state index is -0.159. The van der Waals surface area contributed by atoms with Crippen LogP contribution in [0.15, 0.2) is 18.3 Å². The van der Waals surface area contributed by atoms with E-state index in [0.29, 0.717) is 12.1 Å². The standard InChI is InChI=1S/C13H19N3O2/c1-13(4-7-18-8-5-13)9-16-12(17)10-3-2-6-15-11(10)14/h2-3,6H,4-5,7-9H2,1H3,(H2,14,15)(H,16,17). The van der Waals surface area contributed by atoms with E-state index in [9.17, 15) is 4.79 Å². The number of ether oxygens (including phenoxy) is 1. The fourth-order valence-corrected chi connectivity index (χ4v) is 2.04. The third-order valence-corrected chi connectivity index (χ3v) is 3.46. The highest BCUT2D eigenvalue weighted by molar-refractivity contribution is 5.98. The number of pyridine rings is 1. The zero-order valence-electron chi connectivity index (χ0n) is 10.6. The summed E-state index contributed by atoms with van der Waals surface area (Å²) in [7, 11) is 0. The summed E-state index contributed by atoms with van der Waals surface area (Å²) in [5.41, 5.74) is 6.23. The SMILES string of the molecule is CC1(CNC(=O)c2cccnc2N)CCOCC1. The molecule has 0 saturated carbocycles. The van der Waals surface area contributed by atoms with Gasteiger partial charge < -0.3 is 15.8 Å². The summed E-state index contributed by atoms with van der Waals surface area (Å²) in [4.78, 5) is 15.9. The van der Waals surface area contributed by atoms with Crippen molar-refractivity contribution in [2.24, 2.45) is 5.41 Å². The molecular formula is C13H19N3O2. The van der Waals surface area contributed by atoms with Crippen molar-refractivity contribution in [3.05, 3.63) is 23.9 Å². The van der Waals surface area contributed by atoms with Crippen LogP contribution < -0.4 is 11.1 Å². The molecule has 1 aromatic heterocycles. The van der Waals surface area contributed by atoms with E-state index in [1.807, 2.05) is 0 Å². The normalized spacial score (nSPS) is 18.3. The van der Waals surface area contributed by atoms with Gasteiger partial charge in [0.1, 0.15) is 5.82 Å². The van der Waals surface area contributed by atoms with Crippen molar-refractivity contribution < 1.29 is 9.53 Å². The van der Waals surface area contributed by atoms with Gasteiger partial charge in [0, 0.05) is 26.0 Å². The maximum absolute atomic E-state index is 12.0. The number of hydrogen-bond donors (Lipinski definition) is 2. The van der Waals surface area contributed by atoms with Gasteiger partial charge in [0.2, 0.25) is 0 Å². The van der Waals surface area contributed by atoms with Crippen LogP contribution in [-0.2, 0) is 4.74 Å². The Hall–Kier alpha value is -1.62. The van der Waals surface area contributed by atoms with E-state index >= 15 is 0 Å². The third kappa shape index (κ3) is 2.98. The number of hydrogen-bond acceptors (Lipinski definition) is 4. The summed E-state index contributed by atoms with van der Waals surface area (Å²) >= 11 is 0. The summed E-state index contributed by atoms with van der Waals surface area (Å²) in [6, 6.07) is 3.39. The molecule has 1 aromatic rings. The van der Waals surface area contributed by atoms with Crippen LogP contribution in [0.1, 0.15) is 30.1 Å². The molecule has 0 radical (unpaired) electrons. The molecule has 98 valence electrons. The Morgan fingerprint density at radius 3 is 2.94 bits per heavy atom. The van der Waals surface area contributed by atoms with Gasteiger partial charge in [-0.2, -0.15) is 0 Å². The van der Waals surface area contributed by atoms with Gasteiger partial charge in [-0.15, -0.1) is 0 Å². The number of carbonyl (C=O) groups is 1. The summed E-state index contributed by atoms with van der Waals surface area (Å²) in [6.07, 6.45) is 3.51. The van der Waals surface area contributed by atoms with Gasteiger partial charge in [0.05, 0.1) is 5.56 Å². The highest BCUT2D eigenvalue weighted by Gasteiger charge is 2.28. The van der Waals surface area contributed by atoms with E-state index in [4.69, 9.17) is 10.5 Å². The fourth-order valence-electron chi connectivity index (χ4n) is 2.04. The third-order valence-electron chi connectivity index (χ3n) is 3.46. The van der Waals surface area contributed by atoms with Gasteiger partial charge in [0.15, 0.2) is 0 Å². The average Bonchev–Trinajstić information content (AvgIpc) is 2.38. The van der Waals surface area contributed by atoms with Gasteiger partial charge in [-0.1, -0.05) is 6.92 Å². The van der Waals surface area contributed by atoms with Crippen LogP contribution >= 0.6 is 0 Å². The lowest BCUT2D eigenvalue weighted by Crippen LogP contribution is -2.39. The van der Waals surface area contributed by atoms with E-state index in [0.717, 1.165) is 26.1 Å². The number of anilines is 1. The van der Waals surface area contributed by atoms with E-state index in [-0.39, 0.29) is 17.1 Å². The zero-order valence-corrected chi connectivity index (χ0v) is 10.6. The van der Waals surface area contributed by atoms with Crippen molar-refractivity contribution in [1.82, 2.24) is 10.3 Å². The van der Waals surface area contributed by atoms with Crippen LogP contribution in [-0.4, -0.2) is 30.6 Å². The van der Waals surface area contributed by atoms with Crippen LogP contribution in [0.4, 0.5) is 5.82 Å². The predicted molar refractivity (Wildman–Crippen MR) is 69.1 cm³/mol. The Bertz CT molecular complexity index is 428. The molecule has 1 fully saturated rings. The summed E-state index contributed by atoms with van der Waals surface area (Å²) in [5.74, 6) is 0.112. The van der Waals surface area contributed by atoms with E-state index in [2.05, 4.69) is 17.2 Å². The molecular weight excluding hydrogens is 230 g/mol. The van der Waals surface area contributed by atoms with E-state index in [1.54, 1.807) is 18.3 Å². The molecule has 1 aliphatic heterocycles. The van der Waals surface area contributed by atoms with Gasteiger partial charge in [0.25, 0.3) is 5.91 Å². The minimum absolute atomic E-state index is 0.116. The van der Waals surface area contributed by atoms with Crippen molar-refractivity contribution in [3.8, 4) is 0 Å². The summed E-state index contributed by atoms with van der Waals surface area (Å²) in [5, 5.41) is 2.94. The van der Waals surface area contributed by atoms with Crippen LogP contribution in [0.3, 0.4) is 0 Å². The van der Waals surface area contributed by atoms with Crippen LogP contribution in [0, 0.1) is 5.41 Å². The van der Waals surface area contributed by atoms with E-state index in [1.165, 1.54) is 0 Å². The first-order valence-electron chi connectivity index (χ1n) is 6.17. The Labute approximate surface area is 107 Å². The maximum atomic E-state index is 12.0. The molecule has 18 heavy (non-hydrogen) atoms. The van der Waals surface area contributed by atoms with Crippen molar-refractivity contribution >= 4 is 11.7 Å². The molecule has 1 saturated heterocycles. The number of nitrogens with one attached hydrogen (secondary N) is 1. The second kappa shape index (κ2) is 5.35. The topological polar surface area (TPSA) is 77.2 Å². The second-order valence-corrected chi connectivity index (χ2v) is 5.04. The molecule has 0 aromatic carbocycles. The highest BCUT2D eigenvalue weighted by Crippen LogP contribution is 2.28. The number of nitrogens with two attached hydrogens (primary N) is 1. The lowest BCUT2D eigenvalue weighted by Gasteiger charge is -2.33. The average molecular weight is 249 g/mol. The Kier molecular flexibility index (Phi) is 3.81. The number of aromatic nitrogens is 1. The predicted octanol–water partition coefficient (Wildman–Crippen LogP) is 1.21. The Balaban J connectivity index is 1.94. The molecule has 0 atom stereocenters. The summed E-state index contributed by atoms with van der Waals surface area (Å²) in [6.45, 7) is 4.34. The first-order valence-corrected chi connectivity index (χ1v) is 6.17. The number of carbonyl (C=O) groups excluding carboxylic acids is 1. The molecule has 2 heterocycles. The molecule has 3 N–H and O–H groups in total. The van der Waals surface area contributed by atoms with Crippen molar-refractivity contribution in [1.29, 1.82) is 0 Å². The zero-order chi connectivity index (χ0) is 13.0. The number of nitrogens with zero attached hydrogens (tertiary/aromatic N) is 1. The molecule has 0 spiro atoms. The highest BCUT2D eigenvalue weighted by atomic mass is 16.5. The van der Waals surface area contributed by atoms with E-state index < -0.39 is 0 Å². The van der Waals surface area contributed by atoms with Crippen molar-refractivity contribution in [3.63, 3.8) is 0 Å². The molecule has 2 rings (SSSR count). The lowest BCUT2D eigenvalue weighted by atomic mass is 9.82. The van der Waals surface area contributed by atoms with Gasteiger partial charge in [-0.05, 0) is 30.4 Å². The van der Waals surface area contributed by atoms with Gasteiger partial charge in [-0.3, -0.25) is 4.79 Å². The second-order valence-electron chi connectivity index (χ2n) is 5.04. The quantitative estimate of drug-likeness (QED) is 0.844. The maximum Gasteiger partial charge on any atom is 0.255 e. The molecule has 1 aliphatic rings. The molecule has 0 bridgehead atoms. The first-order chi connectivity index (χ1) is 8.61. The minimum Gasteiger partial charge on any atom is -0.383 e. The molecule has 0 aliphatic carbocycles. The van der Waals surface area contributed by atoms with Crippen molar-refractivity contribution in [2.75, 3.05) is 25.5 Å². The number of amides is 1. The Morgan fingerprint density at radius 1 is 1.56 bits per heavy atom. The van der Waals surface area contributed by atoms with Crippen molar-refractivity contribution in [2.45, 2.75) is 19.8 Å². The van der Waals surface area contributed by atoms with Gasteiger partial charge in [-0.25, -0.2) is 4.98 Å². The number of nitrogen functional groups attached to an aromatic ring is 1. The first kappa shape index (κ1) is 12.8.